The number of hydrogen-bond acceptors (Lipinski definition) is 5. The Bertz CT molecular complexity index is 687. The maximum atomic E-state index is 12.3. The van der Waals surface area contributed by atoms with Gasteiger partial charge in [0.05, 0.1) is 12.3 Å². The van der Waals surface area contributed by atoms with Crippen LogP contribution in [-0.2, 0) is 11.3 Å². The lowest BCUT2D eigenvalue weighted by molar-refractivity contribution is 0.0517. The lowest BCUT2D eigenvalue weighted by atomic mass is 10.2. The highest BCUT2D eigenvalue weighted by atomic mass is 16.5. The summed E-state index contributed by atoms with van der Waals surface area (Å²) in [4.78, 5) is 19.2. The average Bonchev–Trinajstić information content (AvgIpc) is 2.70. The van der Waals surface area contributed by atoms with Crippen LogP contribution in [0.1, 0.15) is 35.1 Å². The SMILES string of the molecule is CCOC(=O)c1nc2cc(C)ccn2c1CN1CCCNCC1. The van der Waals surface area contributed by atoms with Crippen LogP contribution in [0.3, 0.4) is 0 Å². The third kappa shape index (κ3) is 3.54. The third-order valence-corrected chi connectivity index (χ3v) is 4.16. The van der Waals surface area contributed by atoms with Crippen molar-refractivity contribution in [2.75, 3.05) is 32.8 Å². The van der Waals surface area contributed by atoms with Gasteiger partial charge < -0.3 is 14.5 Å². The highest BCUT2D eigenvalue weighted by Crippen LogP contribution is 2.18. The van der Waals surface area contributed by atoms with Gasteiger partial charge >= 0.3 is 5.97 Å². The van der Waals surface area contributed by atoms with E-state index in [0.717, 1.165) is 49.5 Å². The predicted molar refractivity (Wildman–Crippen MR) is 88.6 cm³/mol. The van der Waals surface area contributed by atoms with E-state index in [4.69, 9.17) is 4.74 Å². The molecule has 2 aromatic rings. The molecule has 0 spiro atoms. The molecule has 1 aliphatic heterocycles. The third-order valence-electron chi connectivity index (χ3n) is 4.16. The number of carbonyl (C=O) groups excluding carboxylic acids is 1. The molecular weight excluding hydrogens is 292 g/mol. The quantitative estimate of drug-likeness (QED) is 0.869. The number of pyridine rings is 1. The van der Waals surface area contributed by atoms with E-state index in [-0.39, 0.29) is 5.97 Å². The van der Waals surface area contributed by atoms with E-state index in [1.165, 1.54) is 0 Å². The second-order valence-electron chi connectivity index (χ2n) is 5.94. The fourth-order valence-corrected chi connectivity index (χ4v) is 2.98. The van der Waals surface area contributed by atoms with E-state index >= 15 is 0 Å². The molecule has 2 aromatic heterocycles. The molecule has 124 valence electrons. The van der Waals surface area contributed by atoms with Gasteiger partial charge in [0.15, 0.2) is 5.69 Å². The molecule has 0 aromatic carbocycles. The molecule has 1 saturated heterocycles. The zero-order chi connectivity index (χ0) is 16.2. The van der Waals surface area contributed by atoms with Crippen LogP contribution in [0.5, 0.6) is 0 Å². The molecule has 3 heterocycles. The van der Waals surface area contributed by atoms with Crippen molar-refractivity contribution in [2.24, 2.45) is 0 Å². The monoisotopic (exact) mass is 316 g/mol. The highest BCUT2D eigenvalue weighted by Gasteiger charge is 2.22. The van der Waals surface area contributed by atoms with Crippen molar-refractivity contribution in [1.29, 1.82) is 0 Å². The van der Waals surface area contributed by atoms with Crippen molar-refractivity contribution < 1.29 is 9.53 Å². The minimum Gasteiger partial charge on any atom is -0.461 e. The zero-order valence-electron chi connectivity index (χ0n) is 13.8. The first-order valence-corrected chi connectivity index (χ1v) is 8.27. The number of esters is 1. The number of aromatic nitrogens is 2. The van der Waals surface area contributed by atoms with Gasteiger partial charge in [-0.15, -0.1) is 0 Å². The van der Waals surface area contributed by atoms with Gasteiger partial charge in [-0.2, -0.15) is 0 Å². The molecule has 1 N–H and O–H groups in total. The Kier molecular flexibility index (Phi) is 4.93. The Morgan fingerprint density at radius 3 is 3.09 bits per heavy atom. The van der Waals surface area contributed by atoms with Crippen molar-refractivity contribution in [1.82, 2.24) is 19.6 Å². The fraction of sp³-hybridized carbons (Fsp3) is 0.529. The van der Waals surface area contributed by atoms with Gasteiger partial charge in [-0.1, -0.05) is 0 Å². The van der Waals surface area contributed by atoms with E-state index < -0.39 is 0 Å². The van der Waals surface area contributed by atoms with Crippen LogP contribution in [0.15, 0.2) is 18.3 Å². The Morgan fingerprint density at radius 2 is 2.26 bits per heavy atom. The molecule has 1 aliphatic rings. The van der Waals surface area contributed by atoms with E-state index in [0.29, 0.717) is 18.8 Å². The number of rotatable bonds is 4. The second-order valence-corrected chi connectivity index (χ2v) is 5.94. The van der Waals surface area contributed by atoms with E-state index in [1.54, 1.807) is 0 Å². The summed E-state index contributed by atoms with van der Waals surface area (Å²) >= 11 is 0. The molecule has 0 amide bonds. The second kappa shape index (κ2) is 7.10. The summed E-state index contributed by atoms with van der Waals surface area (Å²) in [6, 6.07) is 4.04. The van der Waals surface area contributed by atoms with Gasteiger partial charge in [0.25, 0.3) is 0 Å². The Labute approximate surface area is 136 Å². The van der Waals surface area contributed by atoms with Crippen LogP contribution in [0.25, 0.3) is 5.65 Å². The lowest BCUT2D eigenvalue weighted by Gasteiger charge is -2.19. The maximum Gasteiger partial charge on any atom is 0.358 e. The molecule has 0 unspecified atom stereocenters. The van der Waals surface area contributed by atoms with E-state index in [1.807, 2.05) is 36.6 Å². The molecule has 6 nitrogen and oxygen atoms in total. The Hall–Kier alpha value is -1.92. The summed E-state index contributed by atoms with van der Waals surface area (Å²) in [5.41, 5.74) is 3.29. The summed E-state index contributed by atoms with van der Waals surface area (Å²) in [5, 5.41) is 3.40. The minimum atomic E-state index is -0.336. The molecule has 0 aliphatic carbocycles. The van der Waals surface area contributed by atoms with Crippen LogP contribution in [0.4, 0.5) is 0 Å². The zero-order valence-corrected chi connectivity index (χ0v) is 13.8. The first kappa shape index (κ1) is 16.0. The van der Waals surface area contributed by atoms with E-state index in [9.17, 15) is 4.79 Å². The van der Waals surface area contributed by atoms with Gasteiger partial charge in [-0.05, 0) is 51.1 Å². The van der Waals surface area contributed by atoms with Crippen LogP contribution < -0.4 is 5.32 Å². The molecule has 1 fully saturated rings. The summed E-state index contributed by atoms with van der Waals surface area (Å²) in [6.07, 6.45) is 3.11. The number of nitrogens with one attached hydrogen (secondary N) is 1. The molecule has 0 bridgehead atoms. The summed E-state index contributed by atoms with van der Waals surface area (Å²) < 4.78 is 7.21. The maximum absolute atomic E-state index is 12.3. The predicted octanol–water partition coefficient (Wildman–Crippen LogP) is 1.61. The van der Waals surface area contributed by atoms with E-state index in [2.05, 4.69) is 15.2 Å². The lowest BCUT2D eigenvalue weighted by Crippen LogP contribution is -2.29. The number of imidazole rings is 1. The van der Waals surface area contributed by atoms with Crippen molar-refractivity contribution in [3.8, 4) is 0 Å². The number of carbonyl (C=O) groups is 1. The summed E-state index contributed by atoms with van der Waals surface area (Å²) in [5.74, 6) is -0.336. The summed E-state index contributed by atoms with van der Waals surface area (Å²) in [7, 11) is 0. The Morgan fingerprint density at radius 1 is 1.39 bits per heavy atom. The molecule has 6 heteroatoms. The molecule has 3 rings (SSSR count). The minimum absolute atomic E-state index is 0.336. The van der Waals surface area contributed by atoms with Crippen LogP contribution in [0.2, 0.25) is 0 Å². The number of ether oxygens (including phenoxy) is 1. The first-order valence-electron chi connectivity index (χ1n) is 8.27. The molecule has 23 heavy (non-hydrogen) atoms. The fourth-order valence-electron chi connectivity index (χ4n) is 2.98. The molecule has 0 radical (unpaired) electrons. The Balaban J connectivity index is 1.97. The van der Waals surface area contributed by atoms with Crippen molar-refractivity contribution >= 4 is 11.6 Å². The molecule has 0 atom stereocenters. The van der Waals surface area contributed by atoms with Gasteiger partial charge in [0.1, 0.15) is 5.65 Å². The van der Waals surface area contributed by atoms with Gasteiger partial charge in [0.2, 0.25) is 0 Å². The average molecular weight is 316 g/mol. The number of nitrogens with zero attached hydrogens (tertiary/aromatic N) is 3. The van der Waals surface area contributed by atoms with Crippen molar-refractivity contribution in [3.05, 3.63) is 35.3 Å². The van der Waals surface area contributed by atoms with Gasteiger partial charge in [-0.25, -0.2) is 9.78 Å². The van der Waals surface area contributed by atoms with Crippen LogP contribution in [0, 0.1) is 6.92 Å². The normalized spacial score (nSPS) is 16.4. The number of fused-ring (bicyclic) bond motifs is 1. The number of hydrogen-bond donors (Lipinski definition) is 1. The number of aryl methyl sites for hydroxylation is 1. The standard InChI is InChI=1S/C17H24N4O2/c1-3-23-17(22)16-14(12-20-8-4-6-18-7-10-20)21-9-5-13(2)11-15(21)19-16/h5,9,11,18H,3-4,6-8,10,12H2,1-2H3. The highest BCUT2D eigenvalue weighted by molar-refractivity contribution is 5.89. The van der Waals surface area contributed by atoms with Gasteiger partial charge in [-0.3, -0.25) is 4.90 Å². The summed E-state index contributed by atoms with van der Waals surface area (Å²) in [6.45, 7) is 8.93. The molecule has 0 saturated carbocycles. The first-order chi connectivity index (χ1) is 11.2. The van der Waals surface area contributed by atoms with Gasteiger partial charge in [0, 0.05) is 25.8 Å². The van der Waals surface area contributed by atoms with Crippen molar-refractivity contribution in [2.45, 2.75) is 26.8 Å². The smallest absolute Gasteiger partial charge is 0.358 e. The van der Waals surface area contributed by atoms with Crippen molar-refractivity contribution in [3.63, 3.8) is 0 Å². The van der Waals surface area contributed by atoms with Crippen LogP contribution in [-0.4, -0.2) is 53.0 Å². The van der Waals surface area contributed by atoms with Crippen LogP contribution >= 0.6 is 0 Å². The largest absolute Gasteiger partial charge is 0.461 e. The molecular formula is C17H24N4O2. The topological polar surface area (TPSA) is 58.9 Å².